The number of hydrogen-bond acceptors (Lipinski definition) is 4. The lowest BCUT2D eigenvalue weighted by Crippen LogP contribution is -2.33. The van der Waals surface area contributed by atoms with Gasteiger partial charge in [-0.2, -0.15) is 0 Å². The molecule has 2 aromatic rings. The number of aromatic nitrogens is 1. The molecule has 7 heteroatoms. The number of aryl methyl sites for hydroxylation is 1. The molecule has 0 spiro atoms. The van der Waals surface area contributed by atoms with E-state index in [1.165, 1.54) is 28.4 Å². The Hall–Kier alpha value is -2.28. The number of thiazole rings is 1. The molecule has 0 radical (unpaired) electrons. The molecule has 5 nitrogen and oxygen atoms in total. The zero-order valence-corrected chi connectivity index (χ0v) is 13.9. The summed E-state index contributed by atoms with van der Waals surface area (Å²) in [5.41, 5.74) is 1.31. The van der Waals surface area contributed by atoms with Crippen LogP contribution in [0, 0.1) is 18.7 Å². The second-order valence-corrected chi connectivity index (χ2v) is 6.36. The predicted octanol–water partition coefficient (Wildman–Crippen LogP) is 3.05. The van der Waals surface area contributed by atoms with Gasteiger partial charge in [-0.1, -0.05) is 6.92 Å². The minimum Gasteiger partial charge on any atom is -0.481 e. The average molecular weight is 336 g/mol. The third kappa shape index (κ3) is 3.92. The number of halogens is 1. The number of hydrogen-bond donors (Lipinski definition) is 1. The Kier molecular flexibility index (Phi) is 5.10. The first-order chi connectivity index (χ1) is 10.8. The van der Waals surface area contributed by atoms with E-state index in [-0.39, 0.29) is 18.3 Å². The first-order valence-electron chi connectivity index (χ1n) is 7.01. The second-order valence-electron chi connectivity index (χ2n) is 5.37. The molecule has 0 saturated heterocycles. The van der Waals surface area contributed by atoms with Crippen LogP contribution in [0.5, 0.6) is 0 Å². The Bertz CT molecular complexity index is 727. The molecular formula is C16H17FN2O3S. The summed E-state index contributed by atoms with van der Waals surface area (Å²) in [6, 6.07) is 5.90. The van der Waals surface area contributed by atoms with Crippen LogP contribution in [0.25, 0.3) is 10.6 Å². The van der Waals surface area contributed by atoms with Crippen LogP contribution in [-0.4, -0.2) is 40.5 Å². The largest absolute Gasteiger partial charge is 0.481 e. The van der Waals surface area contributed by atoms with Crippen molar-refractivity contribution in [2.45, 2.75) is 13.8 Å². The molecule has 2 rings (SSSR count). The van der Waals surface area contributed by atoms with E-state index in [1.807, 2.05) is 0 Å². The summed E-state index contributed by atoms with van der Waals surface area (Å²) in [7, 11) is 1.57. The SMILES string of the molecule is Cc1nc(-c2ccc(F)cc2)sc1C(=O)N(C)CC(C)C(=O)O. The topological polar surface area (TPSA) is 70.5 Å². The fourth-order valence-electron chi connectivity index (χ4n) is 2.06. The molecule has 1 N–H and O–H groups in total. The Morgan fingerprint density at radius 1 is 1.35 bits per heavy atom. The van der Waals surface area contributed by atoms with Crippen molar-refractivity contribution in [3.63, 3.8) is 0 Å². The number of aliphatic carboxylic acids is 1. The smallest absolute Gasteiger partial charge is 0.308 e. The van der Waals surface area contributed by atoms with Crippen LogP contribution in [0.15, 0.2) is 24.3 Å². The lowest BCUT2D eigenvalue weighted by Gasteiger charge is -2.18. The van der Waals surface area contributed by atoms with Crippen molar-refractivity contribution in [3.8, 4) is 10.6 Å². The molecule has 1 heterocycles. The molecule has 1 atom stereocenters. The van der Waals surface area contributed by atoms with Gasteiger partial charge in [0.1, 0.15) is 15.7 Å². The third-order valence-corrected chi connectivity index (χ3v) is 4.59. The molecule has 0 aliphatic carbocycles. The number of amides is 1. The van der Waals surface area contributed by atoms with E-state index < -0.39 is 11.9 Å². The molecule has 0 aliphatic heterocycles. The molecule has 1 aromatic heterocycles. The number of benzene rings is 1. The summed E-state index contributed by atoms with van der Waals surface area (Å²) < 4.78 is 13.0. The maximum atomic E-state index is 13.0. The Morgan fingerprint density at radius 3 is 2.52 bits per heavy atom. The van der Waals surface area contributed by atoms with Crippen LogP contribution in [0.4, 0.5) is 4.39 Å². The van der Waals surface area contributed by atoms with Crippen LogP contribution in [0.2, 0.25) is 0 Å². The quantitative estimate of drug-likeness (QED) is 0.911. The van der Waals surface area contributed by atoms with Crippen molar-refractivity contribution >= 4 is 23.2 Å². The molecule has 0 aliphatic rings. The van der Waals surface area contributed by atoms with Gasteiger partial charge in [-0.25, -0.2) is 9.37 Å². The minimum atomic E-state index is -0.947. The lowest BCUT2D eigenvalue weighted by molar-refractivity contribution is -0.141. The summed E-state index contributed by atoms with van der Waals surface area (Å²) in [5, 5.41) is 9.56. The molecule has 1 amide bonds. The van der Waals surface area contributed by atoms with Gasteiger partial charge in [-0.15, -0.1) is 11.3 Å². The molecular weight excluding hydrogens is 319 g/mol. The van der Waals surface area contributed by atoms with Crippen molar-refractivity contribution in [2.24, 2.45) is 5.92 Å². The van der Waals surface area contributed by atoms with E-state index >= 15 is 0 Å². The molecule has 0 saturated carbocycles. The zero-order valence-electron chi connectivity index (χ0n) is 13.0. The molecule has 23 heavy (non-hydrogen) atoms. The van der Waals surface area contributed by atoms with Crippen LogP contribution in [-0.2, 0) is 4.79 Å². The van der Waals surface area contributed by atoms with Gasteiger partial charge in [0.25, 0.3) is 5.91 Å². The van der Waals surface area contributed by atoms with E-state index in [0.29, 0.717) is 15.6 Å². The maximum absolute atomic E-state index is 13.0. The van der Waals surface area contributed by atoms with Gasteiger partial charge in [0.2, 0.25) is 0 Å². The predicted molar refractivity (Wildman–Crippen MR) is 86.0 cm³/mol. The summed E-state index contributed by atoms with van der Waals surface area (Å²) >= 11 is 1.22. The van der Waals surface area contributed by atoms with E-state index in [0.717, 1.165) is 5.56 Å². The van der Waals surface area contributed by atoms with Crippen LogP contribution in [0.3, 0.4) is 0 Å². The fourth-order valence-corrected chi connectivity index (χ4v) is 3.12. The lowest BCUT2D eigenvalue weighted by atomic mass is 10.2. The third-order valence-electron chi connectivity index (χ3n) is 3.40. The second kappa shape index (κ2) is 6.87. The van der Waals surface area contributed by atoms with Gasteiger partial charge in [0, 0.05) is 19.2 Å². The first kappa shape index (κ1) is 17.1. The number of carbonyl (C=O) groups excluding carboxylic acids is 1. The number of carboxylic acids is 1. The van der Waals surface area contributed by atoms with E-state index in [4.69, 9.17) is 5.11 Å². The van der Waals surface area contributed by atoms with Gasteiger partial charge in [-0.05, 0) is 31.2 Å². The zero-order chi connectivity index (χ0) is 17.1. The summed E-state index contributed by atoms with van der Waals surface area (Å²) in [5.74, 6) is -2.19. The van der Waals surface area contributed by atoms with Crippen molar-refractivity contribution in [1.29, 1.82) is 0 Å². The maximum Gasteiger partial charge on any atom is 0.308 e. The molecule has 1 unspecified atom stereocenters. The summed E-state index contributed by atoms with van der Waals surface area (Å²) in [6.45, 7) is 3.40. The van der Waals surface area contributed by atoms with Crippen LogP contribution < -0.4 is 0 Å². The molecule has 122 valence electrons. The molecule has 0 fully saturated rings. The highest BCUT2D eigenvalue weighted by Gasteiger charge is 2.22. The number of carboxylic acid groups (broad SMARTS) is 1. The van der Waals surface area contributed by atoms with Gasteiger partial charge in [0.05, 0.1) is 11.6 Å². The van der Waals surface area contributed by atoms with Gasteiger partial charge in [0.15, 0.2) is 0 Å². The minimum absolute atomic E-state index is 0.122. The number of nitrogens with zero attached hydrogens (tertiary/aromatic N) is 2. The number of rotatable bonds is 5. The van der Waals surface area contributed by atoms with Crippen molar-refractivity contribution in [2.75, 3.05) is 13.6 Å². The summed E-state index contributed by atoms with van der Waals surface area (Å²) in [4.78, 5) is 29.6. The average Bonchev–Trinajstić information content (AvgIpc) is 2.88. The van der Waals surface area contributed by atoms with Crippen molar-refractivity contribution < 1.29 is 19.1 Å². The monoisotopic (exact) mass is 336 g/mol. The standard InChI is InChI=1S/C16H17FN2O3S/c1-9(16(21)22)8-19(3)15(20)13-10(2)18-14(23-13)11-4-6-12(17)7-5-11/h4-7,9H,8H2,1-3H3,(H,21,22). The van der Waals surface area contributed by atoms with Gasteiger partial charge in [-0.3, -0.25) is 9.59 Å². The van der Waals surface area contributed by atoms with Crippen LogP contribution in [0.1, 0.15) is 22.3 Å². The van der Waals surface area contributed by atoms with Crippen molar-refractivity contribution in [3.05, 3.63) is 40.7 Å². The van der Waals surface area contributed by atoms with Crippen molar-refractivity contribution in [1.82, 2.24) is 9.88 Å². The highest BCUT2D eigenvalue weighted by atomic mass is 32.1. The van der Waals surface area contributed by atoms with Crippen LogP contribution >= 0.6 is 11.3 Å². The van der Waals surface area contributed by atoms with E-state index in [2.05, 4.69) is 4.98 Å². The normalized spacial score (nSPS) is 12.0. The Morgan fingerprint density at radius 2 is 1.96 bits per heavy atom. The highest BCUT2D eigenvalue weighted by Crippen LogP contribution is 2.28. The van der Waals surface area contributed by atoms with E-state index in [1.54, 1.807) is 33.0 Å². The molecule has 0 bridgehead atoms. The first-order valence-corrected chi connectivity index (χ1v) is 7.83. The van der Waals surface area contributed by atoms with Gasteiger partial charge < -0.3 is 10.0 Å². The summed E-state index contributed by atoms with van der Waals surface area (Å²) in [6.07, 6.45) is 0. The fraction of sp³-hybridized carbons (Fsp3) is 0.312. The Labute approximate surface area is 137 Å². The van der Waals surface area contributed by atoms with E-state index in [9.17, 15) is 14.0 Å². The molecule has 1 aromatic carbocycles. The highest BCUT2D eigenvalue weighted by molar-refractivity contribution is 7.17. The number of carbonyl (C=O) groups is 2. The Balaban J connectivity index is 2.21. The van der Waals surface area contributed by atoms with Gasteiger partial charge >= 0.3 is 5.97 Å².